The molecule has 0 aromatic carbocycles. The fourth-order valence-electron chi connectivity index (χ4n) is 0.227. The fraction of sp³-hybridized carbons (Fsp3) is 1.00. The first kappa shape index (κ1) is 7.81. The molecule has 2 nitrogen and oxygen atoms in total. The Balaban J connectivity index is 3.42. The zero-order valence-electron chi connectivity index (χ0n) is 4.10. The van der Waals surface area contributed by atoms with Crippen LogP contribution in [0.15, 0.2) is 0 Å². The molecule has 0 spiro atoms. The van der Waals surface area contributed by atoms with Crippen LogP contribution in [0.2, 0.25) is 0 Å². The van der Waals surface area contributed by atoms with E-state index in [1.807, 2.05) is 0 Å². The van der Waals surface area contributed by atoms with E-state index in [1.165, 1.54) is 0 Å². The van der Waals surface area contributed by atoms with Crippen LogP contribution in [0.4, 0.5) is 8.28 Å². The van der Waals surface area contributed by atoms with Gasteiger partial charge in [-0.3, -0.25) is 4.39 Å². The van der Waals surface area contributed by atoms with Gasteiger partial charge in [0.15, 0.2) is 0 Å². The first-order chi connectivity index (χ1) is 3.56. The maximum absolute atomic E-state index is 11.4. The van der Waals surface area contributed by atoms with Crippen molar-refractivity contribution in [2.45, 2.75) is 6.42 Å². The van der Waals surface area contributed by atoms with Crippen molar-refractivity contribution in [2.24, 2.45) is 0 Å². The summed E-state index contributed by atoms with van der Waals surface area (Å²) in [7, 11) is -4.43. The van der Waals surface area contributed by atoms with Crippen molar-refractivity contribution < 1.29 is 16.7 Å². The minimum Gasteiger partial charge on any atom is -0.251 e. The molecule has 0 amide bonds. The van der Waals surface area contributed by atoms with E-state index < -0.39 is 22.7 Å². The second-order valence-corrected chi connectivity index (χ2v) is 2.77. The normalized spacial score (nSPS) is 11.8. The zero-order chi connectivity index (χ0) is 6.62. The van der Waals surface area contributed by atoms with Gasteiger partial charge in [-0.15, -0.1) is 3.89 Å². The Morgan fingerprint density at radius 2 is 1.88 bits per heavy atom. The van der Waals surface area contributed by atoms with Crippen LogP contribution in [-0.2, 0) is 10.2 Å². The number of hydrogen-bond donors (Lipinski definition) is 0. The Morgan fingerprint density at radius 1 is 1.38 bits per heavy atom. The summed E-state index contributed by atoms with van der Waals surface area (Å²) in [6, 6.07) is 0. The molecule has 0 aliphatic heterocycles. The van der Waals surface area contributed by atoms with Gasteiger partial charge in [-0.05, 0) is 6.42 Å². The maximum Gasteiger partial charge on any atom is 0.302 e. The summed E-state index contributed by atoms with van der Waals surface area (Å²) >= 11 is 0. The second kappa shape index (κ2) is 2.96. The third-order valence-electron chi connectivity index (χ3n) is 0.522. The monoisotopic (exact) mass is 144 g/mol. The molecular formula is C3H6F2O2S. The molecule has 50 valence electrons. The van der Waals surface area contributed by atoms with Gasteiger partial charge in [0.2, 0.25) is 0 Å². The van der Waals surface area contributed by atoms with Crippen LogP contribution in [0, 0.1) is 0 Å². The van der Waals surface area contributed by atoms with Crippen molar-refractivity contribution in [3.8, 4) is 0 Å². The highest BCUT2D eigenvalue weighted by Gasteiger charge is 2.04. The average molecular weight is 144 g/mol. The molecule has 0 aliphatic carbocycles. The van der Waals surface area contributed by atoms with Crippen LogP contribution in [0.5, 0.6) is 0 Å². The van der Waals surface area contributed by atoms with Gasteiger partial charge in [-0.25, -0.2) is 0 Å². The molecule has 0 fully saturated rings. The van der Waals surface area contributed by atoms with Crippen LogP contribution in [0.1, 0.15) is 6.42 Å². The lowest BCUT2D eigenvalue weighted by Crippen LogP contribution is -1.98. The molecule has 0 unspecified atom stereocenters. The zero-order valence-corrected chi connectivity index (χ0v) is 4.92. The van der Waals surface area contributed by atoms with Gasteiger partial charge in [0.05, 0.1) is 12.4 Å². The lowest BCUT2D eigenvalue weighted by Gasteiger charge is -1.85. The lowest BCUT2D eigenvalue weighted by molar-refractivity contribution is 0.479. The highest BCUT2D eigenvalue weighted by atomic mass is 32.3. The molecule has 0 aromatic heterocycles. The Morgan fingerprint density at radius 3 is 2.00 bits per heavy atom. The number of rotatable bonds is 3. The van der Waals surface area contributed by atoms with Crippen molar-refractivity contribution in [1.82, 2.24) is 0 Å². The van der Waals surface area contributed by atoms with Gasteiger partial charge >= 0.3 is 10.2 Å². The summed E-state index contributed by atoms with van der Waals surface area (Å²) in [5, 5.41) is 0. The van der Waals surface area contributed by atoms with Crippen molar-refractivity contribution in [3.05, 3.63) is 0 Å². The first-order valence-electron chi connectivity index (χ1n) is 2.04. The molecule has 8 heavy (non-hydrogen) atoms. The number of alkyl halides is 1. The standard InChI is InChI=1S/C3H6F2O2S/c4-2-1-3-8(5,6)7/h1-3H2. The molecule has 0 rings (SSSR count). The van der Waals surface area contributed by atoms with Crippen LogP contribution < -0.4 is 0 Å². The van der Waals surface area contributed by atoms with Crippen LogP contribution in [-0.4, -0.2) is 20.8 Å². The third kappa shape index (κ3) is 5.81. The molecular weight excluding hydrogens is 138 g/mol. The maximum atomic E-state index is 11.4. The van der Waals surface area contributed by atoms with Crippen LogP contribution in [0.25, 0.3) is 0 Å². The molecule has 0 saturated heterocycles. The Hall–Kier alpha value is -0.190. The van der Waals surface area contributed by atoms with E-state index in [4.69, 9.17) is 0 Å². The van der Waals surface area contributed by atoms with Crippen LogP contribution in [0.3, 0.4) is 0 Å². The molecule has 0 aromatic rings. The first-order valence-corrected chi connectivity index (χ1v) is 3.60. The van der Waals surface area contributed by atoms with E-state index in [1.54, 1.807) is 0 Å². The van der Waals surface area contributed by atoms with Gasteiger partial charge < -0.3 is 0 Å². The van der Waals surface area contributed by atoms with Crippen molar-refractivity contribution in [2.75, 3.05) is 12.4 Å². The van der Waals surface area contributed by atoms with Crippen LogP contribution >= 0.6 is 0 Å². The minimum atomic E-state index is -4.43. The molecule has 0 aliphatic rings. The SMILES string of the molecule is O=S(=O)(F)CCCF. The third-order valence-corrected chi connectivity index (χ3v) is 1.30. The van der Waals surface area contributed by atoms with E-state index in [9.17, 15) is 16.7 Å². The van der Waals surface area contributed by atoms with Gasteiger partial charge in [0, 0.05) is 0 Å². The summed E-state index contributed by atoms with van der Waals surface area (Å²) in [5.74, 6) is -0.705. The summed E-state index contributed by atoms with van der Waals surface area (Å²) in [6.45, 7) is -0.789. The predicted octanol–water partition coefficient (Wildman–Crippen LogP) is 0.645. The van der Waals surface area contributed by atoms with E-state index >= 15 is 0 Å². The Bertz CT molecular complexity index is 139. The topological polar surface area (TPSA) is 34.1 Å². The number of hydrogen-bond acceptors (Lipinski definition) is 2. The lowest BCUT2D eigenvalue weighted by atomic mass is 10.6. The molecule has 5 heteroatoms. The summed E-state index contributed by atoms with van der Waals surface area (Å²) < 4.78 is 41.6. The average Bonchev–Trinajstić information content (AvgIpc) is 1.59. The molecule has 0 radical (unpaired) electrons. The van der Waals surface area contributed by atoms with E-state index in [0.717, 1.165) is 0 Å². The largest absolute Gasteiger partial charge is 0.302 e. The summed E-state index contributed by atoms with van der Waals surface area (Å²) in [5.41, 5.74) is 0. The molecule has 0 heterocycles. The smallest absolute Gasteiger partial charge is 0.251 e. The second-order valence-electron chi connectivity index (χ2n) is 1.29. The van der Waals surface area contributed by atoms with Crippen molar-refractivity contribution in [3.63, 3.8) is 0 Å². The highest BCUT2D eigenvalue weighted by molar-refractivity contribution is 7.86. The van der Waals surface area contributed by atoms with Crippen molar-refractivity contribution in [1.29, 1.82) is 0 Å². The fourth-order valence-corrected chi connectivity index (χ4v) is 0.681. The van der Waals surface area contributed by atoms with E-state index in [0.29, 0.717) is 0 Å². The molecule has 0 saturated carbocycles. The predicted molar refractivity (Wildman–Crippen MR) is 25.5 cm³/mol. The quantitative estimate of drug-likeness (QED) is 0.545. The molecule has 0 bridgehead atoms. The Labute approximate surface area is 46.7 Å². The minimum absolute atomic E-state index is 0.251. The molecule has 0 N–H and O–H groups in total. The van der Waals surface area contributed by atoms with Gasteiger partial charge in [-0.2, -0.15) is 8.42 Å². The number of halogens is 2. The Kier molecular flexibility index (Phi) is 2.89. The summed E-state index contributed by atoms with van der Waals surface area (Å²) in [6.07, 6.45) is -0.251. The van der Waals surface area contributed by atoms with Gasteiger partial charge in [0.1, 0.15) is 0 Å². The van der Waals surface area contributed by atoms with Gasteiger partial charge in [-0.1, -0.05) is 0 Å². The molecule has 0 atom stereocenters. The van der Waals surface area contributed by atoms with E-state index in [2.05, 4.69) is 0 Å². The summed E-state index contributed by atoms with van der Waals surface area (Å²) in [4.78, 5) is 0. The van der Waals surface area contributed by atoms with E-state index in [-0.39, 0.29) is 6.42 Å². The van der Waals surface area contributed by atoms with Crippen molar-refractivity contribution >= 4 is 10.2 Å². The van der Waals surface area contributed by atoms with Gasteiger partial charge in [0.25, 0.3) is 0 Å². The highest BCUT2D eigenvalue weighted by Crippen LogP contribution is 1.93.